The predicted octanol–water partition coefficient (Wildman–Crippen LogP) is 7.27. The van der Waals surface area contributed by atoms with Crippen LogP contribution in [0.2, 0.25) is 0 Å². The molecule has 2 aromatic carbocycles. The average Bonchev–Trinajstić information content (AvgIpc) is 2.88. The van der Waals surface area contributed by atoms with Crippen LogP contribution in [-0.2, 0) is 9.59 Å². The molecule has 36 heavy (non-hydrogen) atoms. The van der Waals surface area contributed by atoms with Crippen LogP contribution in [0, 0.1) is 0 Å². The molecule has 0 aliphatic rings. The summed E-state index contributed by atoms with van der Waals surface area (Å²) >= 11 is 8.40. The summed E-state index contributed by atoms with van der Waals surface area (Å²) in [6.45, 7) is 0. The van der Waals surface area contributed by atoms with Crippen molar-refractivity contribution in [2.45, 2.75) is 77.0 Å². The topological polar surface area (TPSA) is 69.7 Å². The van der Waals surface area contributed by atoms with Crippen LogP contribution in [0.3, 0.4) is 0 Å². The maximum atomic E-state index is 13.0. The molecule has 0 spiro atoms. The van der Waals surface area contributed by atoms with Gasteiger partial charge in [0.25, 0.3) is 0 Å². The minimum absolute atomic E-state index is 0.237. The number of carbonyl (C=O) groups excluding carboxylic acids is 3. The van der Waals surface area contributed by atoms with E-state index in [4.69, 9.17) is 9.47 Å². The van der Waals surface area contributed by atoms with E-state index in [0.29, 0.717) is 35.5 Å². The number of carbonyl (C=O) groups is 3. The van der Waals surface area contributed by atoms with Crippen LogP contribution in [0.1, 0.15) is 93.0 Å². The van der Waals surface area contributed by atoms with Crippen LogP contribution in [0.5, 0.6) is 11.5 Å². The zero-order valence-electron chi connectivity index (χ0n) is 21.0. The van der Waals surface area contributed by atoms with E-state index in [1.54, 1.807) is 48.5 Å². The summed E-state index contributed by atoms with van der Waals surface area (Å²) in [7, 11) is 0. The molecule has 0 aromatic heterocycles. The second kappa shape index (κ2) is 18.1. The summed E-state index contributed by atoms with van der Waals surface area (Å²) < 4.78 is 10.9. The third-order valence-electron chi connectivity index (χ3n) is 5.73. The lowest BCUT2D eigenvalue weighted by molar-refractivity contribution is -0.135. The van der Waals surface area contributed by atoms with Crippen molar-refractivity contribution in [1.29, 1.82) is 0 Å². The van der Waals surface area contributed by atoms with E-state index in [-0.39, 0.29) is 17.7 Å². The van der Waals surface area contributed by atoms with Gasteiger partial charge in [-0.05, 0) is 61.5 Å². The van der Waals surface area contributed by atoms with Gasteiger partial charge in [-0.3, -0.25) is 14.4 Å². The van der Waals surface area contributed by atoms with Crippen LogP contribution in [0.25, 0.3) is 0 Å². The molecule has 196 valence electrons. The summed E-state index contributed by atoms with van der Waals surface area (Å²) in [5.41, 5.74) is 0.800. The van der Waals surface area contributed by atoms with Crippen molar-refractivity contribution in [2.75, 3.05) is 11.5 Å². The van der Waals surface area contributed by atoms with Gasteiger partial charge in [0.1, 0.15) is 11.5 Å². The van der Waals surface area contributed by atoms with Gasteiger partial charge in [-0.1, -0.05) is 62.8 Å². The number of thiol groups is 2. The summed E-state index contributed by atoms with van der Waals surface area (Å²) in [6.07, 6.45) is 10.8. The molecule has 0 bridgehead atoms. The molecule has 2 rings (SSSR count). The van der Waals surface area contributed by atoms with E-state index >= 15 is 0 Å². The van der Waals surface area contributed by atoms with Crippen LogP contribution >= 0.6 is 25.3 Å². The van der Waals surface area contributed by atoms with Crippen LogP contribution < -0.4 is 9.47 Å². The van der Waals surface area contributed by atoms with E-state index in [1.807, 2.05) is 0 Å². The summed E-state index contributed by atoms with van der Waals surface area (Å²) in [6, 6.07) is 13.2. The first kappa shape index (κ1) is 30.0. The lowest BCUT2D eigenvalue weighted by Crippen LogP contribution is -2.09. The number of ether oxygens (including phenoxy) is 2. The highest BCUT2D eigenvalue weighted by atomic mass is 32.1. The van der Waals surface area contributed by atoms with Crippen molar-refractivity contribution in [2.24, 2.45) is 0 Å². The number of hydrogen-bond donors (Lipinski definition) is 2. The molecule has 0 radical (unpaired) electrons. The molecular weight excluding hydrogens is 492 g/mol. The summed E-state index contributed by atoms with van der Waals surface area (Å²) in [5, 5.41) is 0. The molecule has 5 nitrogen and oxygen atoms in total. The first-order chi connectivity index (χ1) is 17.5. The van der Waals surface area contributed by atoms with Crippen molar-refractivity contribution in [1.82, 2.24) is 0 Å². The molecule has 0 heterocycles. The Bertz CT molecular complexity index is 885. The Balaban J connectivity index is 1.85. The monoisotopic (exact) mass is 530 g/mol. The molecule has 0 saturated heterocycles. The van der Waals surface area contributed by atoms with Gasteiger partial charge < -0.3 is 9.47 Å². The molecule has 0 atom stereocenters. The minimum Gasteiger partial charge on any atom is -0.427 e. The van der Waals surface area contributed by atoms with Gasteiger partial charge in [-0.2, -0.15) is 25.3 Å². The second-order valence-corrected chi connectivity index (χ2v) is 9.71. The molecule has 0 aliphatic carbocycles. The number of rotatable bonds is 18. The van der Waals surface area contributed by atoms with Gasteiger partial charge >= 0.3 is 11.9 Å². The molecule has 0 fully saturated rings. The minimum atomic E-state index is -0.301. The number of ketones is 1. The zero-order chi connectivity index (χ0) is 26.0. The number of hydrogen-bond acceptors (Lipinski definition) is 7. The fourth-order valence-corrected chi connectivity index (χ4v) is 4.20. The Morgan fingerprint density at radius 1 is 0.556 bits per heavy atom. The highest BCUT2D eigenvalue weighted by molar-refractivity contribution is 7.80. The standard InChI is InChI=1S/C29H38O5S2/c30-27(17-7-3-1-5-9-19-35)33-25-15-11-13-23(21-25)29(32)24-14-12-16-26(22-24)34-28(31)18-8-4-2-6-10-20-36/h11-16,21-22,35-36H,1-10,17-20H2. The van der Waals surface area contributed by atoms with E-state index in [9.17, 15) is 14.4 Å². The van der Waals surface area contributed by atoms with Gasteiger partial charge in [0.05, 0.1) is 0 Å². The lowest BCUT2D eigenvalue weighted by Gasteiger charge is -2.08. The van der Waals surface area contributed by atoms with Gasteiger partial charge in [-0.25, -0.2) is 0 Å². The molecule has 0 aliphatic heterocycles. The Kier molecular flexibility index (Phi) is 15.0. The van der Waals surface area contributed by atoms with Crippen molar-refractivity contribution in [3.05, 3.63) is 59.7 Å². The fraction of sp³-hybridized carbons (Fsp3) is 0.483. The fourth-order valence-electron chi connectivity index (χ4n) is 3.76. The molecular formula is C29H38O5S2. The van der Waals surface area contributed by atoms with Gasteiger partial charge in [-0.15, -0.1) is 0 Å². The number of esters is 2. The van der Waals surface area contributed by atoms with E-state index in [1.165, 1.54) is 0 Å². The van der Waals surface area contributed by atoms with Crippen molar-refractivity contribution in [3.8, 4) is 11.5 Å². The lowest BCUT2D eigenvalue weighted by atomic mass is 10.0. The van der Waals surface area contributed by atoms with E-state index in [0.717, 1.165) is 75.7 Å². The van der Waals surface area contributed by atoms with Crippen LogP contribution in [-0.4, -0.2) is 29.2 Å². The second-order valence-electron chi connectivity index (χ2n) is 8.82. The van der Waals surface area contributed by atoms with Crippen molar-refractivity contribution < 1.29 is 23.9 Å². The van der Waals surface area contributed by atoms with Crippen LogP contribution in [0.15, 0.2) is 48.5 Å². The predicted molar refractivity (Wildman–Crippen MR) is 151 cm³/mol. The Morgan fingerprint density at radius 3 is 1.36 bits per heavy atom. The molecule has 0 unspecified atom stereocenters. The highest BCUT2D eigenvalue weighted by Gasteiger charge is 2.14. The largest absolute Gasteiger partial charge is 0.427 e. The molecule has 0 amide bonds. The number of benzene rings is 2. The summed E-state index contributed by atoms with van der Waals surface area (Å²) in [5.74, 6) is 1.64. The highest BCUT2D eigenvalue weighted by Crippen LogP contribution is 2.21. The zero-order valence-corrected chi connectivity index (χ0v) is 22.7. The molecule has 0 saturated carbocycles. The van der Waals surface area contributed by atoms with Crippen molar-refractivity contribution in [3.63, 3.8) is 0 Å². The van der Waals surface area contributed by atoms with E-state index < -0.39 is 0 Å². The van der Waals surface area contributed by atoms with Crippen molar-refractivity contribution >= 4 is 43.0 Å². The maximum absolute atomic E-state index is 13.0. The van der Waals surface area contributed by atoms with Gasteiger partial charge in [0.2, 0.25) is 0 Å². The third kappa shape index (κ3) is 12.1. The Labute approximate surface area is 226 Å². The normalized spacial score (nSPS) is 10.7. The quantitative estimate of drug-likeness (QED) is 0.0697. The third-order valence-corrected chi connectivity index (χ3v) is 6.37. The average molecular weight is 531 g/mol. The first-order valence-corrected chi connectivity index (χ1v) is 14.2. The maximum Gasteiger partial charge on any atom is 0.311 e. The smallest absolute Gasteiger partial charge is 0.311 e. The van der Waals surface area contributed by atoms with Gasteiger partial charge in [0.15, 0.2) is 5.78 Å². The molecule has 2 aromatic rings. The first-order valence-electron chi connectivity index (χ1n) is 12.9. The molecule has 0 N–H and O–H groups in total. The molecule has 7 heteroatoms. The van der Waals surface area contributed by atoms with Gasteiger partial charge in [0, 0.05) is 24.0 Å². The van der Waals surface area contributed by atoms with Crippen LogP contribution in [0.4, 0.5) is 0 Å². The van der Waals surface area contributed by atoms with E-state index in [2.05, 4.69) is 25.3 Å². The summed E-state index contributed by atoms with van der Waals surface area (Å²) in [4.78, 5) is 37.4. The number of unbranched alkanes of at least 4 members (excludes halogenated alkanes) is 8. The SMILES string of the molecule is O=C(CCCCCCCS)Oc1cccc(C(=O)c2cccc(OC(=O)CCCCCCCS)c2)c1. The Morgan fingerprint density at radius 2 is 0.944 bits per heavy atom. The Hall–Kier alpha value is -2.25.